The molecular formula is C11H11Br2NO3S3. The number of thiophene rings is 2. The number of aliphatic hydroxyl groups is 1. The second-order valence-corrected chi connectivity index (χ2v) is 10.4. The molecule has 0 spiro atoms. The first-order chi connectivity index (χ1) is 9.34. The predicted molar refractivity (Wildman–Crippen MR) is 88.6 cm³/mol. The largest absolute Gasteiger partial charge is 0.391 e. The van der Waals surface area contributed by atoms with Gasteiger partial charge in [0, 0.05) is 33.2 Å². The van der Waals surface area contributed by atoms with Gasteiger partial charge in [0.1, 0.15) is 4.90 Å². The lowest BCUT2D eigenvalue weighted by Gasteiger charge is -2.15. The van der Waals surface area contributed by atoms with Crippen molar-refractivity contribution in [2.75, 3.05) is 7.05 Å². The van der Waals surface area contributed by atoms with E-state index in [9.17, 15) is 8.42 Å². The molecule has 0 aliphatic carbocycles. The number of sulfonamides is 1. The molecule has 0 saturated heterocycles. The molecule has 1 N–H and O–H groups in total. The number of hydrogen-bond donors (Lipinski definition) is 1. The maximum Gasteiger partial charge on any atom is 0.245 e. The summed E-state index contributed by atoms with van der Waals surface area (Å²) in [6.45, 7) is 0.149. The van der Waals surface area contributed by atoms with E-state index in [-0.39, 0.29) is 11.5 Å². The molecule has 110 valence electrons. The van der Waals surface area contributed by atoms with Crippen LogP contribution in [0.4, 0.5) is 0 Å². The van der Waals surface area contributed by atoms with Crippen molar-refractivity contribution in [3.8, 4) is 0 Å². The minimum atomic E-state index is -3.57. The zero-order valence-corrected chi connectivity index (χ0v) is 16.0. The molecular weight excluding hydrogens is 450 g/mol. The van der Waals surface area contributed by atoms with Gasteiger partial charge in [-0.3, -0.25) is 0 Å². The third-order valence-corrected chi connectivity index (χ3v) is 8.27. The molecule has 20 heavy (non-hydrogen) atoms. The molecule has 0 aliphatic heterocycles. The summed E-state index contributed by atoms with van der Waals surface area (Å²) in [5, 5.41) is 11.0. The van der Waals surface area contributed by atoms with Gasteiger partial charge in [-0.15, -0.1) is 22.7 Å². The van der Waals surface area contributed by atoms with Crippen molar-refractivity contribution in [2.24, 2.45) is 0 Å². The van der Waals surface area contributed by atoms with Crippen molar-refractivity contribution in [1.82, 2.24) is 4.31 Å². The average molecular weight is 461 g/mol. The van der Waals surface area contributed by atoms with E-state index in [4.69, 9.17) is 5.11 Å². The Kier molecular flexibility index (Phi) is 5.44. The molecule has 0 radical (unpaired) electrons. The van der Waals surface area contributed by atoms with Crippen LogP contribution >= 0.6 is 54.5 Å². The Morgan fingerprint density at radius 3 is 2.50 bits per heavy atom. The molecule has 4 nitrogen and oxygen atoms in total. The van der Waals surface area contributed by atoms with E-state index in [1.807, 2.05) is 11.4 Å². The van der Waals surface area contributed by atoms with Gasteiger partial charge in [-0.05, 0) is 44.0 Å². The fourth-order valence-corrected chi connectivity index (χ4v) is 6.78. The molecule has 2 rings (SSSR count). The van der Waals surface area contributed by atoms with Crippen LogP contribution in [-0.2, 0) is 23.2 Å². The Labute approximate surface area is 142 Å². The summed E-state index contributed by atoms with van der Waals surface area (Å²) in [6, 6.07) is 3.41. The van der Waals surface area contributed by atoms with E-state index in [1.54, 1.807) is 7.05 Å². The van der Waals surface area contributed by atoms with Gasteiger partial charge in [-0.1, -0.05) is 0 Å². The van der Waals surface area contributed by atoms with Crippen LogP contribution in [0.1, 0.15) is 9.75 Å². The zero-order chi connectivity index (χ0) is 14.9. The molecule has 0 atom stereocenters. The van der Waals surface area contributed by atoms with Gasteiger partial charge < -0.3 is 5.11 Å². The third kappa shape index (κ3) is 3.52. The Morgan fingerprint density at radius 2 is 2.00 bits per heavy atom. The van der Waals surface area contributed by atoms with Crippen molar-refractivity contribution < 1.29 is 13.5 Å². The molecule has 0 aliphatic rings. The van der Waals surface area contributed by atoms with Crippen LogP contribution in [0.25, 0.3) is 0 Å². The first-order valence-electron chi connectivity index (χ1n) is 5.43. The second-order valence-electron chi connectivity index (χ2n) is 4.00. The lowest BCUT2D eigenvalue weighted by Crippen LogP contribution is -2.26. The van der Waals surface area contributed by atoms with Crippen LogP contribution in [-0.4, -0.2) is 24.9 Å². The van der Waals surface area contributed by atoms with Crippen molar-refractivity contribution in [2.45, 2.75) is 18.0 Å². The molecule has 2 aromatic rings. The summed E-state index contributed by atoms with van der Waals surface area (Å²) >= 11 is 9.32. The monoisotopic (exact) mass is 459 g/mol. The number of halogens is 2. The fraction of sp³-hybridized carbons (Fsp3) is 0.273. The van der Waals surface area contributed by atoms with Gasteiger partial charge in [0.05, 0.1) is 10.4 Å². The van der Waals surface area contributed by atoms with Crippen LogP contribution in [0, 0.1) is 0 Å². The molecule has 0 unspecified atom stereocenters. The van der Waals surface area contributed by atoms with Crippen LogP contribution in [0.2, 0.25) is 0 Å². The Balaban J connectivity index is 2.26. The van der Waals surface area contributed by atoms with E-state index in [2.05, 4.69) is 31.9 Å². The fourth-order valence-electron chi connectivity index (χ4n) is 1.56. The van der Waals surface area contributed by atoms with Gasteiger partial charge >= 0.3 is 0 Å². The Hall–Kier alpha value is 0.230. The number of nitrogens with zero attached hydrogens (tertiary/aromatic N) is 1. The highest BCUT2D eigenvalue weighted by Crippen LogP contribution is 2.34. The minimum Gasteiger partial charge on any atom is -0.391 e. The third-order valence-electron chi connectivity index (χ3n) is 2.55. The van der Waals surface area contributed by atoms with E-state index in [0.717, 1.165) is 9.35 Å². The van der Waals surface area contributed by atoms with Gasteiger partial charge in [-0.2, -0.15) is 4.31 Å². The summed E-state index contributed by atoms with van der Waals surface area (Å²) in [5.41, 5.74) is 0. The standard InChI is InChI=1S/C11H11Br2NO3S3/c1-14(4-8-2-7(12)6-18-8)20(16,17)10-3-9(5-15)19-11(10)13/h2-3,6,15H,4-5H2,1H3. The topological polar surface area (TPSA) is 57.6 Å². The average Bonchev–Trinajstić information content (AvgIpc) is 2.95. The molecule has 0 amide bonds. The van der Waals surface area contributed by atoms with Gasteiger partial charge in [0.2, 0.25) is 10.0 Å². The van der Waals surface area contributed by atoms with Crippen LogP contribution in [0.5, 0.6) is 0 Å². The number of hydrogen-bond acceptors (Lipinski definition) is 5. The lowest BCUT2D eigenvalue weighted by molar-refractivity contribution is 0.285. The van der Waals surface area contributed by atoms with Crippen molar-refractivity contribution >= 4 is 64.6 Å². The summed E-state index contributed by atoms with van der Waals surface area (Å²) in [5.74, 6) is 0. The maximum absolute atomic E-state index is 12.5. The maximum atomic E-state index is 12.5. The van der Waals surface area contributed by atoms with E-state index in [0.29, 0.717) is 15.2 Å². The summed E-state index contributed by atoms with van der Waals surface area (Å²) in [4.78, 5) is 1.77. The van der Waals surface area contributed by atoms with Crippen LogP contribution in [0.3, 0.4) is 0 Å². The van der Waals surface area contributed by atoms with Crippen molar-refractivity contribution in [3.05, 3.63) is 35.5 Å². The van der Waals surface area contributed by atoms with E-state index >= 15 is 0 Å². The molecule has 0 bridgehead atoms. The lowest BCUT2D eigenvalue weighted by atomic mass is 10.5. The number of rotatable bonds is 5. The predicted octanol–water partition coefficient (Wildman–Crippen LogP) is 3.65. The highest BCUT2D eigenvalue weighted by atomic mass is 79.9. The minimum absolute atomic E-state index is 0.166. The first kappa shape index (κ1) is 16.6. The Bertz CT molecular complexity index is 708. The summed E-state index contributed by atoms with van der Waals surface area (Å²) in [7, 11) is -2.02. The molecule has 0 aromatic carbocycles. The molecule has 9 heteroatoms. The summed E-state index contributed by atoms with van der Waals surface area (Å²) in [6.07, 6.45) is 0. The van der Waals surface area contributed by atoms with E-state index in [1.165, 1.54) is 33.0 Å². The SMILES string of the molecule is CN(Cc1cc(Br)cs1)S(=O)(=O)c1cc(CO)sc1Br. The van der Waals surface area contributed by atoms with Crippen LogP contribution < -0.4 is 0 Å². The van der Waals surface area contributed by atoms with Gasteiger partial charge in [0.15, 0.2) is 0 Å². The summed E-state index contributed by atoms with van der Waals surface area (Å²) < 4.78 is 27.8. The highest BCUT2D eigenvalue weighted by Gasteiger charge is 2.26. The zero-order valence-electron chi connectivity index (χ0n) is 10.3. The molecule has 0 fully saturated rings. The number of aliphatic hydroxyl groups excluding tert-OH is 1. The van der Waals surface area contributed by atoms with Crippen molar-refractivity contribution in [3.63, 3.8) is 0 Å². The van der Waals surface area contributed by atoms with E-state index < -0.39 is 10.0 Å². The van der Waals surface area contributed by atoms with Crippen molar-refractivity contribution in [1.29, 1.82) is 0 Å². The second kappa shape index (κ2) is 6.55. The smallest absolute Gasteiger partial charge is 0.245 e. The molecule has 2 heterocycles. The highest BCUT2D eigenvalue weighted by molar-refractivity contribution is 9.11. The molecule has 0 saturated carbocycles. The first-order valence-corrected chi connectivity index (χ1v) is 10.1. The van der Waals surface area contributed by atoms with Gasteiger partial charge in [0.25, 0.3) is 0 Å². The normalized spacial score (nSPS) is 12.2. The van der Waals surface area contributed by atoms with Crippen LogP contribution in [0.15, 0.2) is 30.7 Å². The quantitative estimate of drug-likeness (QED) is 0.740. The van der Waals surface area contributed by atoms with Gasteiger partial charge in [-0.25, -0.2) is 8.42 Å². The molecule has 2 aromatic heterocycles. The Morgan fingerprint density at radius 1 is 1.30 bits per heavy atom.